The van der Waals surface area contributed by atoms with Gasteiger partial charge in [-0.05, 0) is 37.1 Å². The van der Waals surface area contributed by atoms with Crippen LogP contribution in [0.2, 0.25) is 0 Å². The Morgan fingerprint density at radius 1 is 1.24 bits per heavy atom. The largest absolute Gasteiger partial charge is 0.316 e. The van der Waals surface area contributed by atoms with Gasteiger partial charge in [0, 0.05) is 30.4 Å². The van der Waals surface area contributed by atoms with Crippen LogP contribution in [-0.4, -0.2) is 23.4 Å². The molecule has 21 heavy (non-hydrogen) atoms. The highest BCUT2D eigenvalue weighted by Gasteiger charge is 2.15. The van der Waals surface area contributed by atoms with Crippen LogP contribution in [0.4, 0.5) is 11.4 Å². The van der Waals surface area contributed by atoms with Crippen LogP contribution in [0.15, 0.2) is 30.5 Å². The lowest BCUT2D eigenvalue weighted by molar-refractivity contribution is -0.384. The van der Waals surface area contributed by atoms with E-state index in [0.29, 0.717) is 12.1 Å². The molecule has 0 bridgehead atoms. The van der Waals surface area contributed by atoms with Crippen LogP contribution in [0.1, 0.15) is 11.3 Å². The molecule has 108 valence electrons. The van der Waals surface area contributed by atoms with Gasteiger partial charge in [-0.25, -0.2) is 0 Å². The Morgan fingerprint density at radius 2 is 1.86 bits per heavy atom. The molecule has 0 radical (unpaired) electrons. The van der Waals surface area contributed by atoms with Crippen LogP contribution in [0.3, 0.4) is 0 Å². The minimum absolute atomic E-state index is 0.0347. The van der Waals surface area contributed by atoms with Crippen molar-refractivity contribution in [2.45, 2.75) is 13.8 Å². The first-order chi connectivity index (χ1) is 9.95. The molecule has 6 nitrogen and oxygen atoms in total. The van der Waals surface area contributed by atoms with E-state index < -0.39 is 4.92 Å². The van der Waals surface area contributed by atoms with Gasteiger partial charge >= 0.3 is 0 Å². The second-order valence-corrected chi connectivity index (χ2v) is 4.75. The Labute approximate surface area is 122 Å². The van der Waals surface area contributed by atoms with Crippen LogP contribution in [0, 0.1) is 24.0 Å². The average Bonchev–Trinajstić information content (AvgIpc) is 2.49. The predicted octanol–water partition coefficient (Wildman–Crippen LogP) is 2.87. The van der Waals surface area contributed by atoms with Crippen molar-refractivity contribution < 1.29 is 9.72 Å². The van der Waals surface area contributed by atoms with Gasteiger partial charge in [0.1, 0.15) is 0 Å². The third kappa shape index (κ3) is 2.74. The van der Waals surface area contributed by atoms with E-state index in [4.69, 9.17) is 0 Å². The summed E-state index contributed by atoms with van der Waals surface area (Å²) in [6, 6.07) is 6.27. The molecule has 1 heterocycles. The summed E-state index contributed by atoms with van der Waals surface area (Å²) >= 11 is 0. The average molecular weight is 285 g/mol. The van der Waals surface area contributed by atoms with Crippen molar-refractivity contribution >= 4 is 17.8 Å². The SMILES string of the molecule is Cc1ncc(N(C)C=O)c(-c2ccc([N+](=O)[O-])cc2)c1C. The summed E-state index contributed by atoms with van der Waals surface area (Å²) in [5, 5.41) is 10.7. The summed E-state index contributed by atoms with van der Waals surface area (Å²) in [5.41, 5.74) is 4.16. The Bertz CT molecular complexity index is 696. The molecule has 0 aliphatic heterocycles. The van der Waals surface area contributed by atoms with E-state index in [0.717, 1.165) is 22.4 Å². The number of anilines is 1. The van der Waals surface area contributed by atoms with Gasteiger partial charge in [-0.1, -0.05) is 0 Å². The molecular weight excluding hydrogens is 270 g/mol. The maximum atomic E-state index is 11.0. The normalized spacial score (nSPS) is 10.2. The zero-order chi connectivity index (χ0) is 15.6. The highest BCUT2D eigenvalue weighted by molar-refractivity contribution is 5.88. The molecule has 1 aromatic carbocycles. The Morgan fingerprint density at radius 3 is 2.38 bits per heavy atom. The fraction of sp³-hybridized carbons (Fsp3) is 0.200. The topological polar surface area (TPSA) is 76.3 Å². The van der Waals surface area contributed by atoms with E-state index in [1.807, 2.05) is 13.8 Å². The second-order valence-electron chi connectivity index (χ2n) is 4.75. The lowest BCUT2D eigenvalue weighted by atomic mass is 9.98. The molecule has 0 saturated carbocycles. The number of carbonyl (C=O) groups is 1. The monoisotopic (exact) mass is 285 g/mol. The first-order valence-corrected chi connectivity index (χ1v) is 6.35. The molecule has 0 aliphatic carbocycles. The van der Waals surface area contributed by atoms with E-state index in [9.17, 15) is 14.9 Å². The van der Waals surface area contributed by atoms with Crippen molar-refractivity contribution in [2.24, 2.45) is 0 Å². The van der Waals surface area contributed by atoms with Gasteiger partial charge in [0.05, 0.1) is 16.8 Å². The fourth-order valence-electron chi connectivity index (χ4n) is 2.13. The first kappa shape index (κ1) is 14.6. The van der Waals surface area contributed by atoms with Crippen LogP contribution in [0.5, 0.6) is 0 Å². The third-order valence-corrected chi connectivity index (χ3v) is 3.46. The van der Waals surface area contributed by atoms with Gasteiger partial charge in [0.25, 0.3) is 5.69 Å². The quantitative estimate of drug-likeness (QED) is 0.491. The van der Waals surface area contributed by atoms with Crippen molar-refractivity contribution in [1.29, 1.82) is 0 Å². The third-order valence-electron chi connectivity index (χ3n) is 3.46. The molecule has 0 spiro atoms. The smallest absolute Gasteiger partial charge is 0.269 e. The summed E-state index contributed by atoms with van der Waals surface area (Å²) in [7, 11) is 1.65. The molecule has 1 amide bonds. The van der Waals surface area contributed by atoms with E-state index in [-0.39, 0.29) is 5.69 Å². The Hall–Kier alpha value is -2.76. The number of rotatable bonds is 4. The number of carbonyl (C=O) groups excluding carboxylic acids is 1. The molecule has 2 aromatic rings. The number of hydrogen-bond donors (Lipinski definition) is 0. The summed E-state index contributed by atoms with van der Waals surface area (Å²) in [6.07, 6.45) is 2.34. The molecule has 0 saturated heterocycles. The Kier molecular flexibility index (Phi) is 3.98. The van der Waals surface area contributed by atoms with Crippen LogP contribution >= 0.6 is 0 Å². The predicted molar refractivity (Wildman–Crippen MR) is 80.3 cm³/mol. The molecule has 0 N–H and O–H groups in total. The standard InChI is InChI=1S/C15H15N3O3/c1-10-11(2)16-8-14(17(3)9-19)15(10)12-4-6-13(7-5-12)18(20)21/h4-9H,1-3H3. The van der Waals surface area contributed by atoms with E-state index in [1.54, 1.807) is 25.4 Å². The molecule has 6 heteroatoms. The number of aryl methyl sites for hydroxylation is 1. The number of nitro benzene ring substituents is 1. The minimum atomic E-state index is -0.438. The van der Waals surface area contributed by atoms with Gasteiger partial charge < -0.3 is 4.90 Å². The number of amides is 1. The highest BCUT2D eigenvalue weighted by atomic mass is 16.6. The molecule has 0 fully saturated rings. The van der Waals surface area contributed by atoms with Gasteiger partial charge in [-0.3, -0.25) is 19.9 Å². The van der Waals surface area contributed by atoms with Crippen molar-refractivity contribution in [3.8, 4) is 11.1 Å². The molecule has 1 aromatic heterocycles. The second kappa shape index (κ2) is 5.70. The fourth-order valence-corrected chi connectivity index (χ4v) is 2.13. The van der Waals surface area contributed by atoms with Gasteiger partial charge in [0.15, 0.2) is 0 Å². The number of hydrogen-bond acceptors (Lipinski definition) is 4. The number of aromatic nitrogens is 1. The van der Waals surface area contributed by atoms with Gasteiger partial charge in [0.2, 0.25) is 6.41 Å². The van der Waals surface area contributed by atoms with Crippen LogP contribution in [-0.2, 0) is 4.79 Å². The summed E-state index contributed by atoms with van der Waals surface area (Å²) in [4.78, 5) is 27.0. The molecule has 0 unspecified atom stereocenters. The van der Waals surface area contributed by atoms with Crippen LogP contribution in [0.25, 0.3) is 11.1 Å². The molecule has 0 atom stereocenters. The number of nitrogens with zero attached hydrogens (tertiary/aromatic N) is 3. The lowest BCUT2D eigenvalue weighted by Gasteiger charge is -2.19. The minimum Gasteiger partial charge on any atom is -0.316 e. The van der Waals surface area contributed by atoms with E-state index in [1.165, 1.54) is 17.0 Å². The van der Waals surface area contributed by atoms with Crippen molar-refractivity contribution in [3.63, 3.8) is 0 Å². The van der Waals surface area contributed by atoms with Gasteiger partial charge in [-0.2, -0.15) is 0 Å². The van der Waals surface area contributed by atoms with Crippen molar-refractivity contribution in [3.05, 3.63) is 51.8 Å². The molecule has 0 aliphatic rings. The summed E-state index contributed by atoms with van der Waals surface area (Å²) < 4.78 is 0. The maximum Gasteiger partial charge on any atom is 0.269 e. The zero-order valence-corrected chi connectivity index (χ0v) is 12.0. The highest BCUT2D eigenvalue weighted by Crippen LogP contribution is 2.34. The van der Waals surface area contributed by atoms with E-state index in [2.05, 4.69) is 4.98 Å². The zero-order valence-electron chi connectivity index (χ0n) is 12.0. The first-order valence-electron chi connectivity index (χ1n) is 6.35. The summed E-state index contributed by atoms with van der Waals surface area (Å²) in [6.45, 7) is 3.80. The number of nitro groups is 1. The maximum absolute atomic E-state index is 11.0. The number of benzene rings is 1. The molecular formula is C15H15N3O3. The number of pyridine rings is 1. The summed E-state index contributed by atoms with van der Waals surface area (Å²) in [5.74, 6) is 0. The van der Waals surface area contributed by atoms with Gasteiger partial charge in [-0.15, -0.1) is 0 Å². The van der Waals surface area contributed by atoms with Crippen LogP contribution < -0.4 is 4.90 Å². The Balaban J connectivity index is 2.63. The van der Waals surface area contributed by atoms with E-state index >= 15 is 0 Å². The lowest BCUT2D eigenvalue weighted by Crippen LogP contribution is -2.16. The van der Waals surface area contributed by atoms with Crippen molar-refractivity contribution in [2.75, 3.05) is 11.9 Å². The number of non-ortho nitro benzene ring substituents is 1. The van der Waals surface area contributed by atoms with Crippen molar-refractivity contribution in [1.82, 2.24) is 4.98 Å². The molecule has 2 rings (SSSR count).